The van der Waals surface area contributed by atoms with Crippen molar-refractivity contribution >= 4 is 6.72 Å². The Morgan fingerprint density at radius 3 is 2.82 bits per heavy atom. The molecule has 2 nitrogen and oxygen atoms in total. The number of nitrogens with zero attached hydrogens (tertiary/aromatic N) is 1. The summed E-state index contributed by atoms with van der Waals surface area (Å²) in [5.41, 5.74) is 1.75. The number of aliphatic hydroxyl groups is 1. The van der Waals surface area contributed by atoms with Crippen molar-refractivity contribution in [3.63, 3.8) is 0 Å². The second-order valence-corrected chi connectivity index (χ2v) is 2.67. The van der Waals surface area contributed by atoms with Gasteiger partial charge in [0, 0.05) is 11.3 Å². The molecule has 1 atom stereocenters. The lowest BCUT2D eigenvalue weighted by Crippen LogP contribution is -2.14. The van der Waals surface area contributed by atoms with Gasteiger partial charge in [0.1, 0.15) is 0 Å². The standard InChI is InChI=1S/C9H13NO/c1-3-7-8(10-2)5-4-6-9(7)11/h3,9,11H,1-2,4-6H2. The first-order valence-electron chi connectivity index (χ1n) is 3.80. The Hall–Kier alpha value is -0.890. The third kappa shape index (κ3) is 1.57. The molecule has 1 aliphatic carbocycles. The molecule has 0 radical (unpaired) electrons. The number of allylic oxidation sites excluding steroid dienone is 1. The maximum atomic E-state index is 9.45. The van der Waals surface area contributed by atoms with Crippen molar-refractivity contribution in [1.29, 1.82) is 0 Å². The van der Waals surface area contributed by atoms with Crippen LogP contribution in [0.25, 0.3) is 0 Å². The first-order valence-corrected chi connectivity index (χ1v) is 3.80. The highest BCUT2D eigenvalue weighted by atomic mass is 16.3. The zero-order valence-electron chi connectivity index (χ0n) is 6.58. The van der Waals surface area contributed by atoms with E-state index in [1.807, 2.05) is 0 Å². The van der Waals surface area contributed by atoms with Gasteiger partial charge in [0.05, 0.1) is 6.10 Å². The van der Waals surface area contributed by atoms with Gasteiger partial charge in [-0.2, -0.15) is 0 Å². The summed E-state index contributed by atoms with van der Waals surface area (Å²) >= 11 is 0. The van der Waals surface area contributed by atoms with E-state index in [1.165, 1.54) is 0 Å². The van der Waals surface area contributed by atoms with Gasteiger partial charge in [-0.25, -0.2) is 0 Å². The highest BCUT2D eigenvalue weighted by molar-refractivity contribution is 5.36. The molecule has 0 spiro atoms. The molecule has 0 saturated heterocycles. The molecule has 1 unspecified atom stereocenters. The van der Waals surface area contributed by atoms with Crippen LogP contribution in [-0.2, 0) is 0 Å². The van der Waals surface area contributed by atoms with Crippen LogP contribution >= 0.6 is 0 Å². The van der Waals surface area contributed by atoms with E-state index in [0.29, 0.717) is 0 Å². The summed E-state index contributed by atoms with van der Waals surface area (Å²) in [5, 5.41) is 9.45. The van der Waals surface area contributed by atoms with Crippen LogP contribution in [0.5, 0.6) is 0 Å². The minimum Gasteiger partial charge on any atom is -0.388 e. The summed E-state index contributed by atoms with van der Waals surface area (Å²) in [6.45, 7) is 7.08. The van der Waals surface area contributed by atoms with E-state index in [2.05, 4.69) is 18.3 Å². The lowest BCUT2D eigenvalue weighted by atomic mass is 9.94. The monoisotopic (exact) mass is 151 g/mol. The molecule has 0 heterocycles. The smallest absolute Gasteiger partial charge is 0.0807 e. The predicted octanol–water partition coefficient (Wildman–Crippen LogP) is 1.67. The van der Waals surface area contributed by atoms with Crippen molar-refractivity contribution in [2.45, 2.75) is 25.4 Å². The minimum atomic E-state index is -0.373. The Morgan fingerprint density at radius 2 is 2.36 bits per heavy atom. The zero-order chi connectivity index (χ0) is 8.27. The maximum absolute atomic E-state index is 9.45. The lowest BCUT2D eigenvalue weighted by Gasteiger charge is -2.19. The Bertz CT molecular complexity index is 206. The summed E-state index contributed by atoms with van der Waals surface area (Å²) in [5.74, 6) is 0. The predicted molar refractivity (Wildman–Crippen MR) is 46.6 cm³/mol. The first kappa shape index (κ1) is 8.21. The lowest BCUT2D eigenvalue weighted by molar-refractivity contribution is 0.192. The van der Waals surface area contributed by atoms with Crippen LogP contribution in [0, 0.1) is 0 Å². The second-order valence-electron chi connectivity index (χ2n) is 2.67. The van der Waals surface area contributed by atoms with Crippen molar-refractivity contribution in [3.8, 4) is 0 Å². The molecule has 0 amide bonds. The van der Waals surface area contributed by atoms with Crippen LogP contribution in [0.2, 0.25) is 0 Å². The van der Waals surface area contributed by atoms with E-state index >= 15 is 0 Å². The molecule has 1 aliphatic rings. The molecule has 0 aromatic heterocycles. The molecule has 2 heteroatoms. The van der Waals surface area contributed by atoms with Gasteiger partial charge in [-0.15, -0.1) is 0 Å². The quantitative estimate of drug-likeness (QED) is 0.598. The molecule has 0 fully saturated rings. The molecule has 0 bridgehead atoms. The van der Waals surface area contributed by atoms with E-state index in [4.69, 9.17) is 0 Å². The largest absolute Gasteiger partial charge is 0.388 e. The SMILES string of the molecule is C=CC1=C(N=C)CCCC1O. The number of hydrogen-bond donors (Lipinski definition) is 1. The van der Waals surface area contributed by atoms with Gasteiger partial charge >= 0.3 is 0 Å². The van der Waals surface area contributed by atoms with Gasteiger partial charge < -0.3 is 5.11 Å². The van der Waals surface area contributed by atoms with Crippen LogP contribution in [0.4, 0.5) is 0 Å². The van der Waals surface area contributed by atoms with Crippen LogP contribution in [0.1, 0.15) is 19.3 Å². The fraction of sp³-hybridized carbons (Fsp3) is 0.444. The number of aliphatic imine (C=N–C) groups is 1. The van der Waals surface area contributed by atoms with Crippen LogP contribution in [-0.4, -0.2) is 17.9 Å². The van der Waals surface area contributed by atoms with E-state index in [0.717, 1.165) is 30.5 Å². The first-order chi connectivity index (χ1) is 5.29. The minimum absolute atomic E-state index is 0.373. The highest BCUT2D eigenvalue weighted by Gasteiger charge is 2.17. The third-order valence-corrected chi connectivity index (χ3v) is 1.99. The summed E-state index contributed by atoms with van der Waals surface area (Å²) in [4.78, 5) is 3.85. The maximum Gasteiger partial charge on any atom is 0.0807 e. The van der Waals surface area contributed by atoms with Crippen molar-refractivity contribution < 1.29 is 5.11 Å². The second kappa shape index (κ2) is 3.49. The van der Waals surface area contributed by atoms with Gasteiger partial charge in [0.15, 0.2) is 0 Å². The van der Waals surface area contributed by atoms with Gasteiger partial charge in [0.25, 0.3) is 0 Å². The molecule has 60 valence electrons. The Kier molecular flexibility index (Phi) is 2.60. The Labute approximate surface area is 67.0 Å². The van der Waals surface area contributed by atoms with Crippen LogP contribution in [0.15, 0.2) is 28.9 Å². The molecule has 0 saturated carbocycles. The topological polar surface area (TPSA) is 32.6 Å². The number of aliphatic hydroxyl groups excluding tert-OH is 1. The zero-order valence-corrected chi connectivity index (χ0v) is 6.58. The molecule has 1 N–H and O–H groups in total. The Balaban J connectivity index is 2.94. The fourth-order valence-electron chi connectivity index (χ4n) is 1.38. The molecule has 0 aromatic rings. The normalized spacial score (nSPS) is 25.0. The summed E-state index contributed by atoms with van der Waals surface area (Å²) in [6.07, 6.45) is 4.03. The summed E-state index contributed by atoms with van der Waals surface area (Å²) in [7, 11) is 0. The average molecular weight is 151 g/mol. The molecular weight excluding hydrogens is 138 g/mol. The van der Waals surface area contributed by atoms with Crippen molar-refractivity contribution in [3.05, 3.63) is 23.9 Å². The Morgan fingerprint density at radius 1 is 1.64 bits per heavy atom. The van der Waals surface area contributed by atoms with E-state index < -0.39 is 0 Å². The number of hydrogen-bond acceptors (Lipinski definition) is 2. The molecular formula is C9H13NO. The highest BCUT2D eigenvalue weighted by Crippen LogP contribution is 2.25. The van der Waals surface area contributed by atoms with Gasteiger partial charge in [0.2, 0.25) is 0 Å². The molecule has 0 aliphatic heterocycles. The average Bonchev–Trinajstić information content (AvgIpc) is 2.04. The van der Waals surface area contributed by atoms with E-state index in [9.17, 15) is 5.11 Å². The van der Waals surface area contributed by atoms with Crippen LogP contribution in [0.3, 0.4) is 0 Å². The van der Waals surface area contributed by atoms with Gasteiger partial charge in [-0.3, -0.25) is 4.99 Å². The fourth-order valence-corrected chi connectivity index (χ4v) is 1.38. The summed E-state index contributed by atoms with van der Waals surface area (Å²) < 4.78 is 0. The summed E-state index contributed by atoms with van der Waals surface area (Å²) in [6, 6.07) is 0. The van der Waals surface area contributed by atoms with E-state index in [1.54, 1.807) is 6.08 Å². The van der Waals surface area contributed by atoms with Crippen LogP contribution < -0.4 is 0 Å². The van der Waals surface area contributed by atoms with Gasteiger partial charge in [-0.1, -0.05) is 12.7 Å². The van der Waals surface area contributed by atoms with Gasteiger partial charge in [-0.05, 0) is 26.0 Å². The molecule has 0 aromatic carbocycles. The number of rotatable bonds is 2. The van der Waals surface area contributed by atoms with Crippen molar-refractivity contribution in [2.24, 2.45) is 4.99 Å². The van der Waals surface area contributed by atoms with E-state index in [-0.39, 0.29) is 6.10 Å². The third-order valence-electron chi connectivity index (χ3n) is 1.99. The molecule has 1 rings (SSSR count). The van der Waals surface area contributed by atoms with Crippen molar-refractivity contribution in [2.75, 3.05) is 0 Å². The molecule has 11 heavy (non-hydrogen) atoms. The van der Waals surface area contributed by atoms with Crippen molar-refractivity contribution in [1.82, 2.24) is 0 Å².